The van der Waals surface area contributed by atoms with Crippen molar-refractivity contribution in [2.24, 2.45) is 0 Å². The number of para-hydroxylation sites is 5. The Kier molecular flexibility index (Phi) is 10.7. The van der Waals surface area contributed by atoms with Gasteiger partial charge in [0.1, 0.15) is 0 Å². The van der Waals surface area contributed by atoms with Gasteiger partial charge in [0.2, 0.25) is 0 Å². The highest BCUT2D eigenvalue weighted by Gasteiger charge is 2.24. The highest BCUT2D eigenvalue weighted by atomic mass is 15.2. The molecule has 9 aromatic carbocycles. The summed E-state index contributed by atoms with van der Waals surface area (Å²) < 4.78 is 2.40. The summed E-state index contributed by atoms with van der Waals surface area (Å²) in [5.74, 6) is 0.649. The van der Waals surface area contributed by atoms with Crippen molar-refractivity contribution in [3.05, 3.63) is 242 Å². The van der Waals surface area contributed by atoms with Gasteiger partial charge in [0.05, 0.1) is 16.7 Å². The van der Waals surface area contributed by atoms with Crippen LogP contribution in [0, 0.1) is 0 Å². The molecule has 0 radical (unpaired) electrons. The molecule has 1 aliphatic rings. The number of rotatable bonds is 11. The van der Waals surface area contributed by atoms with Crippen molar-refractivity contribution in [2.75, 3.05) is 14.7 Å². The molecule has 0 N–H and O–H groups in total. The van der Waals surface area contributed by atoms with Gasteiger partial charge in [-0.2, -0.15) is 0 Å². The second-order valence-corrected chi connectivity index (χ2v) is 16.8. The molecule has 1 aromatic heterocycles. The van der Waals surface area contributed by atoms with Crippen LogP contribution in [-0.4, -0.2) is 4.57 Å². The zero-order chi connectivity index (χ0) is 42.7. The summed E-state index contributed by atoms with van der Waals surface area (Å²) in [6, 6.07) is 85.9. The monoisotopic (exact) mass is 826 g/mol. The molecule has 0 amide bonds. The predicted molar refractivity (Wildman–Crippen MR) is 271 cm³/mol. The molecule has 0 bridgehead atoms. The molecule has 11 rings (SSSR count). The lowest BCUT2D eigenvalue weighted by atomic mass is 9.84. The Hall–Kier alpha value is -7.82. The molecule has 4 nitrogen and oxygen atoms in total. The Balaban J connectivity index is 1.12. The first-order valence-electron chi connectivity index (χ1n) is 22.7. The van der Waals surface area contributed by atoms with Gasteiger partial charge in [-0.1, -0.05) is 141 Å². The van der Waals surface area contributed by atoms with Gasteiger partial charge in [0.25, 0.3) is 0 Å². The summed E-state index contributed by atoms with van der Waals surface area (Å²) in [6.45, 7) is 0. The molecule has 0 unspecified atom stereocenters. The Morgan fingerprint density at radius 2 is 0.750 bits per heavy atom. The number of nitrogens with zero attached hydrogens (tertiary/aromatic N) is 4. The van der Waals surface area contributed by atoms with Crippen LogP contribution in [0.5, 0.6) is 0 Å². The summed E-state index contributed by atoms with van der Waals surface area (Å²) in [4.78, 5) is 7.20. The third kappa shape index (κ3) is 7.47. The maximum absolute atomic E-state index is 2.46. The number of benzene rings is 9. The van der Waals surface area contributed by atoms with Crippen molar-refractivity contribution >= 4 is 73.0 Å². The second kappa shape index (κ2) is 17.5. The maximum atomic E-state index is 2.46. The molecular formula is C60H50N4. The molecule has 64 heavy (non-hydrogen) atoms. The number of hydrogen-bond donors (Lipinski definition) is 0. The van der Waals surface area contributed by atoms with Crippen molar-refractivity contribution in [3.63, 3.8) is 0 Å². The van der Waals surface area contributed by atoms with Crippen molar-refractivity contribution in [2.45, 2.75) is 38.0 Å². The van der Waals surface area contributed by atoms with E-state index in [9.17, 15) is 0 Å². The number of anilines is 9. The first-order chi connectivity index (χ1) is 31.8. The van der Waals surface area contributed by atoms with E-state index in [1.807, 2.05) is 0 Å². The second-order valence-electron chi connectivity index (χ2n) is 16.8. The van der Waals surface area contributed by atoms with Crippen LogP contribution in [0.25, 0.3) is 27.5 Å². The highest BCUT2D eigenvalue weighted by molar-refractivity contribution is 6.16. The first-order valence-corrected chi connectivity index (χ1v) is 22.7. The van der Waals surface area contributed by atoms with Gasteiger partial charge in [-0.05, 0) is 140 Å². The number of aromatic nitrogens is 1. The van der Waals surface area contributed by atoms with Gasteiger partial charge < -0.3 is 19.3 Å². The molecular weight excluding hydrogens is 777 g/mol. The minimum Gasteiger partial charge on any atom is -0.310 e. The molecule has 1 aliphatic carbocycles. The van der Waals surface area contributed by atoms with Crippen molar-refractivity contribution < 1.29 is 0 Å². The van der Waals surface area contributed by atoms with E-state index in [1.54, 1.807) is 0 Å². The molecule has 10 aromatic rings. The van der Waals surface area contributed by atoms with Crippen LogP contribution in [0.15, 0.2) is 237 Å². The smallest absolute Gasteiger partial charge is 0.0562 e. The number of fused-ring (bicyclic) bond motifs is 3. The Morgan fingerprint density at radius 3 is 1.30 bits per heavy atom. The quantitative estimate of drug-likeness (QED) is 0.129. The summed E-state index contributed by atoms with van der Waals surface area (Å²) >= 11 is 0. The van der Waals surface area contributed by atoms with Gasteiger partial charge in [0, 0.05) is 62.0 Å². The zero-order valence-electron chi connectivity index (χ0n) is 35.9. The zero-order valence-corrected chi connectivity index (χ0v) is 35.9. The van der Waals surface area contributed by atoms with E-state index in [2.05, 4.69) is 256 Å². The third-order valence-corrected chi connectivity index (χ3v) is 12.9. The standard InChI is InChI=1S/C60H50N4/c1-6-21-45(22-7-1)46-39-41-51(42-40-46)62(49-27-12-4-13-28-49)53-32-19-34-55(44-53)63(54-33-18-31-52(43-54)61(47-23-8-2-9-24-47)48-25-10-3-11-26-48)58-37-20-38-59-60(58)56-35-16-17-36-57(56)64(59)50-29-14-5-15-30-50/h2-5,8-20,23-45H,1,6-7,21-22H2. The van der Waals surface area contributed by atoms with Gasteiger partial charge in [-0.25, -0.2) is 0 Å². The molecule has 1 saturated carbocycles. The molecule has 0 saturated heterocycles. The molecule has 1 heterocycles. The first kappa shape index (κ1) is 39.1. The van der Waals surface area contributed by atoms with Crippen LogP contribution in [0.2, 0.25) is 0 Å². The fraction of sp³-hybridized carbons (Fsp3) is 0.100. The minimum absolute atomic E-state index is 0.649. The average Bonchev–Trinajstić information content (AvgIpc) is 3.71. The maximum Gasteiger partial charge on any atom is 0.0562 e. The van der Waals surface area contributed by atoms with E-state index < -0.39 is 0 Å². The van der Waals surface area contributed by atoms with Gasteiger partial charge >= 0.3 is 0 Å². The van der Waals surface area contributed by atoms with Crippen molar-refractivity contribution in [1.29, 1.82) is 0 Å². The van der Waals surface area contributed by atoms with Crippen molar-refractivity contribution in [1.82, 2.24) is 4.57 Å². The van der Waals surface area contributed by atoms with Crippen LogP contribution in [0.3, 0.4) is 0 Å². The molecule has 0 spiro atoms. The highest BCUT2D eigenvalue weighted by Crippen LogP contribution is 2.47. The van der Waals surface area contributed by atoms with E-state index in [-0.39, 0.29) is 0 Å². The van der Waals surface area contributed by atoms with Crippen molar-refractivity contribution in [3.8, 4) is 5.69 Å². The van der Waals surface area contributed by atoms with Gasteiger partial charge in [-0.3, -0.25) is 0 Å². The summed E-state index contributed by atoms with van der Waals surface area (Å²) in [7, 11) is 0. The fourth-order valence-corrected chi connectivity index (χ4v) is 9.97. The van der Waals surface area contributed by atoms with Gasteiger partial charge in [-0.15, -0.1) is 0 Å². The van der Waals surface area contributed by atoms with Crippen LogP contribution < -0.4 is 14.7 Å². The minimum atomic E-state index is 0.649. The van der Waals surface area contributed by atoms with Crippen LogP contribution >= 0.6 is 0 Å². The summed E-state index contributed by atoms with van der Waals surface area (Å²) in [5.41, 5.74) is 14.7. The lowest BCUT2D eigenvalue weighted by molar-refractivity contribution is 0.443. The number of hydrogen-bond acceptors (Lipinski definition) is 3. The predicted octanol–water partition coefficient (Wildman–Crippen LogP) is 17.2. The van der Waals surface area contributed by atoms with Crippen LogP contribution in [-0.2, 0) is 0 Å². The Labute approximate surface area is 376 Å². The van der Waals surface area contributed by atoms with Crippen LogP contribution in [0.1, 0.15) is 43.6 Å². The van der Waals surface area contributed by atoms with E-state index >= 15 is 0 Å². The van der Waals surface area contributed by atoms with E-state index in [1.165, 1.54) is 54.0 Å². The van der Waals surface area contributed by atoms with E-state index in [0.717, 1.165) is 62.4 Å². The Bertz CT molecular complexity index is 3100. The van der Waals surface area contributed by atoms with E-state index in [0.29, 0.717) is 5.92 Å². The topological polar surface area (TPSA) is 14.7 Å². The summed E-state index contributed by atoms with van der Waals surface area (Å²) in [6.07, 6.45) is 6.58. The third-order valence-electron chi connectivity index (χ3n) is 12.9. The molecule has 1 fully saturated rings. The summed E-state index contributed by atoms with van der Waals surface area (Å²) in [5, 5.41) is 2.40. The fourth-order valence-electron chi connectivity index (χ4n) is 9.97. The normalized spacial score (nSPS) is 12.9. The SMILES string of the molecule is c1ccc(N(c2ccccc2)c2cccc(N(c3cccc(N(c4ccccc4)c4ccc(C5CCCCC5)cc4)c3)c3cccc4c3c3ccccc3n4-c3ccccc3)c2)cc1. The Morgan fingerprint density at radius 1 is 0.328 bits per heavy atom. The lowest BCUT2D eigenvalue weighted by Crippen LogP contribution is -2.15. The molecule has 0 aliphatic heterocycles. The molecule has 0 atom stereocenters. The molecule has 310 valence electrons. The average molecular weight is 827 g/mol. The lowest BCUT2D eigenvalue weighted by Gasteiger charge is -2.31. The largest absolute Gasteiger partial charge is 0.310 e. The van der Waals surface area contributed by atoms with Gasteiger partial charge in [0.15, 0.2) is 0 Å². The van der Waals surface area contributed by atoms with E-state index in [4.69, 9.17) is 0 Å². The molecule has 4 heteroatoms. The van der Waals surface area contributed by atoms with Crippen LogP contribution in [0.4, 0.5) is 51.2 Å².